The summed E-state index contributed by atoms with van der Waals surface area (Å²) < 4.78 is 0. The van der Waals surface area contributed by atoms with Crippen molar-refractivity contribution in [1.82, 2.24) is 10.3 Å². The molecule has 0 bridgehead atoms. The Bertz CT molecular complexity index is 482. The van der Waals surface area contributed by atoms with Crippen LogP contribution in [-0.4, -0.2) is 30.7 Å². The average molecular weight is 249 g/mol. The van der Waals surface area contributed by atoms with E-state index in [2.05, 4.69) is 21.3 Å². The van der Waals surface area contributed by atoms with Gasteiger partial charge in [0.2, 0.25) is 0 Å². The maximum absolute atomic E-state index is 8.98. The lowest BCUT2D eigenvalue weighted by Crippen LogP contribution is -2.34. The summed E-state index contributed by atoms with van der Waals surface area (Å²) in [6, 6.07) is 4.24. The molecule has 3 heterocycles. The van der Waals surface area contributed by atoms with Crippen molar-refractivity contribution in [3.63, 3.8) is 0 Å². The summed E-state index contributed by atoms with van der Waals surface area (Å²) in [5.41, 5.74) is 0.506. The van der Waals surface area contributed by atoms with Crippen LogP contribution in [0.25, 0.3) is 0 Å². The molecule has 1 aromatic rings. The molecular weight excluding hydrogens is 236 g/mol. The molecule has 0 aromatic carbocycles. The van der Waals surface area contributed by atoms with Gasteiger partial charge in [-0.2, -0.15) is 5.26 Å². The minimum absolute atomic E-state index is 0.481. The predicted molar refractivity (Wildman–Crippen MR) is 66.1 cm³/mol. The molecule has 2 saturated heterocycles. The van der Waals surface area contributed by atoms with Gasteiger partial charge in [-0.25, -0.2) is 4.98 Å². The number of pyridine rings is 1. The Kier molecular flexibility index (Phi) is 2.65. The zero-order valence-corrected chi connectivity index (χ0v) is 10.1. The van der Waals surface area contributed by atoms with Gasteiger partial charge in [-0.3, -0.25) is 0 Å². The summed E-state index contributed by atoms with van der Waals surface area (Å²) in [5, 5.41) is 12.9. The van der Waals surface area contributed by atoms with Crippen LogP contribution in [0.4, 0.5) is 5.82 Å². The van der Waals surface area contributed by atoms with Gasteiger partial charge in [0.25, 0.3) is 0 Å². The van der Waals surface area contributed by atoms with Gasteiger partial charge in [0, 0.05) is 31.9 Å². The smallest absolute Gasteiger partial charge is 0.149 e. The van der Waals surface area contributed by atoms with E-state index in [9.17, 15) is 0 Å². The maximum atomic E-state index is 8.98. The van der Waals surface area contributed by atoms with Crippen LogP contribution in [0.15, 0.2) is 12.3 Å². The molecule has 1 aromatic heterocycles. The van der Waals surface area contributed by atoms with E-state index in [1.807, 2.05) is 0 Å². The van der Waals surface area contributed by atoms with E-state index in [1.54, 1.807) is 12.3 Å². The third-order valence-corrected chi connectivity index (χ3v) is 4.08. The molecule has 0 unspecified atom stereocenters. The van der Waals surface area contributed by atoms with Crippen molar-refractivity contribution in [3.8, 4) is 6.07 Å². The standard InChI is InChI=1S/C12H13ClN4/c13-11-8(5-14)1-3-16-12(11)17-4-2-9-6-15-7-10(9)17/h1,3,9-10,15H,2,4,6-7H2/t9-,10+/m0/s1. The Labute approximate surface area is 105 Å². The van der Waals surface area contributed by atoms with Gasteiger partial charge in [0.15, 0.2) is 0 Å². The number of anilines is 1. The number of aromatic nitrogens is 1. The molecule has 0 aliphatic carbocycles. The molecule has 2 aliphatic rings. The van der Waals surface area contributed by atoms with Crippen LogP contribution in [0.3, 0.4) is 0 Å². The van der Waals surface area contributed by atoms with Crippen LogP contribution < -0.4 is 10.2 Å². The number of nitrogens with zero attached hydrogens (tertiary/aromatic N) is 3. The van der Waals surface area contributed by atoms with E-state index in [4.69, 9.17) is 16.9 Å². The van der Waals surface area contributed by atoms with Crippen LogP contribution >= 0.6 is 11.6 Å². The highest BCUT2D eigenvalue weighted by atomic mass is 35.5. The highest BCUT2D eigenvalue weighted by Gasteiger charge is 2.38. The molecule has 0 spiro atoms. The van der Waals surface area contributed by atoms with Gasteiger partial charge >= 0.3 is 0 Å². The fraction of sp³-hybridized carbons (Fsp3) is 0.500. The lowest BCUT2D eigenvalue weighted by molar-refractivity contribution is 0.577. The van der Waals surface area contributed by atoms with Gasteiger partial charge in [-0.1, -0.05) is 11.6 Å². The predicted octanol–water partition coefficient (Wildman–Crippen LogP) is 1.40. The molecule has 0 amide bonds. The second-order valence-electron chi connectivity index (χ2n) is 4.58. The van der Waals surface area contributed by atoms with Crippen molar-refractivity contribution in [1.29, 1.82) is 5.26 Å². The average Bonchev–Trinajstić information content (AvgIpc) is 2.92. The number of rotatable bonds is 1. The molecule has 0 radical (unpaired) electrons. The number of hydrogen-bond donors (Lipinski definition) is 1. The lowest BCUT2D eigenvalue weighted by atomic mass is 10.1. The molecule has 17 heavy (non-hydrogen) atoms. The van der Waals surface area contributed by atoms with E-state index >= 15 is 0 Å². The molecule has 3 rings (SSSR count). The summed E-state index contributed by atoms with van der Waals surface area (Å²) in [6.45, 7) is 3.05. The van der Waals surface area contributed by atoms with Crippen molar-refractivity contribution < 1.29 is 0 Å². The Morgan fingerprint density at radius 1 is 1.53 bits per heavy atom. The summed E-state index contributed by atoms with van der Waals surface area (Å²) >= 11 is 6.23. The largest absolute Gasteiger partial charge is 0.351 e. The molecule has 2 atom stereocenters. The van der Waals surface area contributed by atoms with Gasteiger partial charge in [0.1, 0.15) is 16.9 Å². The zero-order valence-electron chi connectivity index (χ0n) is 9.36. The highest BCUT2D eigenvalue weighted by Crippen LogP contribution is 2.35. The topological polar surface area (TPSA) is 52.0 Å². The van der Waals surface area contributed by atoms with Gasteiger partial charge in [0.05, 0.1) is 5.56 Å². The monoisotopic (exact) mass is 248 g/mol. The van der Waals surface area contributed by atoms with Crippen LogP contribution in [-0.2, 0) is 0 Å². The summed E-state index contributed by atoms with van der Waals surface area (Å²) in [7, 11) is 0. The third kappa shape index (κ3) is 1.67. The van der Waals surface area contributed by atoms with Crippen LogP contribution in [0, 0.1) is 17.2 Å². The molecule has 0 saturated carbocycles. The van der Waals surface area contributed by atoms with Crippen LogP contribution in [0.1, 0.15) is 12.0 Å². The van der Waals surface area contributed by atoms with E-state index < -0.39 is 0 Å². The number of nitriles is 1. The Hall–Kier alpha value is -1.31. The van der Waals surface area contributed by atoms with Crippen LogP contribution in [0.5, 0.6) is 0 Å². The number of hydrogen-bond acceptors (Lipinski definition) is 4. The Morgan fingerprint density at radius 2 is 2.41 bits per heavy atom. The van der Waals surface area contributed by atoms with Gasteiger partial charge in [-0.15, -0.1) is 0 Å². The molecule has 5 heteroatoms. The number of halogens is 1. The van der Waals surface area contributed by atoms with Crippen molar-refractivity contribution in [2.45, 2.75) is 12.5 Å². The first kappa shape index (κ1) is 10.8. The fourth-order valence-electron chi connectivity index (χ4n) is 2.83. The summed E-state index contributed by atoms with van der Waals surface area (Å²) in [5.74, 6) is 1.46. The van der Waals surface area contributed by atoms with Crippen molar-refractivity contribution >= 4 is 17.4 Å². The van der Waals surface area contributed by atoms with Gasteiger partial charge in [-0.05, 0) is 18.4 Å². The zero-order chi connectivity index (χ0) is 11.8. The first-order valence-electron chi connectivity index (χ1n) is 5.83. The molecule has 2 aliphatic heterocycles. The Morgan fingerprint density at radius 3 is 3.24 bits per heavy atom. The minimum Gasteiger partial charge on any atom is -0.351 e. The fourth-order valence-corrected chi connectivity index (χ4v) is 3.09. The first-order valence-corrected chi connectivity index (χ1v) is 6.21. The molecule has 88 valence electrons. The van der Waals surface area contributed by atoms with Crippen LogP contribution in [0.2, 0.25) is 5.02 Å². The SMILES string of the molecule is N#Cc1ccnc(N2CC[C@H]3CNC[C@H]32)c1Cl. The van der Waals surface area contributed by atoms with E-state index in [-0.39, 0.29) is 0 Å². The quantitative estimate of drug-likeness (QED) is 0.817. The van der Waals surface area contributed by atoms with E-state index in [0.29, 0.717) is 22.5 Å². The summed E-state index contributed by atoms with van der Waals surface area (Å²) in [4.78, 5) is 6.59. The van der Waals surface area contributed by atoms with Crippen molar-refractivity contribution in [2.75, 3.05) is 24.5 Å². The number of nitrogens with one attached hydrogen (secondary N) is 1. The molecule has 2 fully saturated rings. The molecule has 4 nitrogen and oxygen atoms in total. The third-order valence-electron chi connectivity index (χ3n) is 3.71. The summed E-state index contributed by atoms with van der Waals surface area (Å²) in [6.07, 6.45) is 2.84. The second kappa shape index (κ2) is 4.17. The lowest BCUT2D eigenvalue weighted by Gasteiger charge is -2.25. The van der Waals surface area contributed by atoms with E-state index in [1.165, 1.54) is 6.42 Å². The number of fused-ring (bicyclic) bond motifs is 1. The minimum atomic E-state index is 0.481. The normalized spacial score (nSPS) is 26.9. The molecular formula is C12H13ClN4. The van der Waals surface area contributed by atoms with E-state index in [0.717, 1.165) is 25.5 Å². The second-order valence-corrected chi connectivity index (χ2v) is 4.95. The van der Waals surface area contributed by atoms with Crippen molar-refractivity contribution in [3.05, 3.63) is 22.8 Å². The first-order chi connectivity index (χ1) is 8.31. The van der Waals surface area contributed by atoms with Gasteiger partial charge < -0.3 is 10.2 Å². The highest BCUT2D eigenvalue weighted by molar-refractivity contribution is 6.34. The molecule has 1 N–H and O–H groups in total. The Balaban J connectivity index is 1.97. The van der Waals surface area contributed by atoms with Crippen molar-refractivity contribution in [2.24, 2.45) is 5.92 Å². The maximum Gasteiger partial charge on any atom is 0.149 e.